The van der Waals surface area contributed by atoms with Crippen LogP contribution in [-0.2, 0) is 17.4 Å². The Kier molecular flexibility index (Phi) is 4.67. The van der Waals surface area contributed by atoms with Crippen molar-refractivity contribution in [2.75, 3.05) is 6.54 Å². The van der Waals surface area contributed by atoms with E-state index in [2.05, 4.69) is 27.0 Å². The summed E-state index contributed by atoms with van der Waals surface area (Å²) in [6.07, 6.45) is -2.51. The molecule has 0 bridgehead atoms. The van der Waals surface area contributed by atoms with Gasteiger partial charge >= 0.3 is 6.18 Å². The summed E-state index contributed by atoms with van der Waals surface area (Å²) in [6, 6.07) is 0. The molecule has 0 radical (unpaired) electrons. The Hall–Kier alpha value is -2.45. The molecule has 23 heavy (non-hydrogen) atoms. The smallest absolute Gasteiger partial charge is 0.353 e. The van der Waals surface area contributed by atoms with Crippen LogP contribution >= 0.6 is 0 Å². The maximum absolute atomic E-state index is 12.7. The average Bonchev–Trinajstić information content (AvgIpc) is 2.89. The van der Waals surface area contributed by atoms with Gasteiger partial charge in [0.05, 0.1) is 0 Å². The molecule has 2 aromatic heterocycles. The first-order valence-electron chi connectivity index (χ1n) is 6.91. The molecule has 0 spiro atoms. The number of hydrogen-bond donors (Lipinski definition) is 1. The van der Waals surface area contributed by atoms with Crippen LogP contribution in [-0.4, -0.2) is 32.0 Å². The highest BCUT2D eigenvalue weighted by atomic mass is 19.4. The third kappa shape index (κ3) is 3.66. The summed E-state index contributed by atoms with van der Waals surface area (Å²) in [5.74, 6) is -1.50. The van der Waals surface area contributed by atoms with Crippen molar-refractivity contribution in [1.82, 2.24) is 24.9 Å². The van der Waals surface area contributed by atoms with Gasteiger partial charge in [-0.15, -0.1) is 11.7 Å². The Labute approximate surface area is 130 Å². The molecule has 0 unspecified atom stereocenters. The molecule has 0 aliphatic heterocycles. The average molecular weight is 327 g/mol. The number of fused-ring (bicyclic) bond motifs is 1. The highest BCUT2D eigenvalue weighted by Gasteiger charge is 2.36. The number of halogens is 3. The van der Waals surface area contributed by atoms with Gasteiger partial charge in [-0.1, -0.05) is 6.08 Å². The third-order valence-corrected chi connectivity index (χ3v) is 3.35. The van der Waals surface area contributed by atoms with Crippen LogP contribution in [0.25, 0.3) is 5.78 Å². The second-order valence-corrected chi connectivity index (χ2v) is 5.00. The Bertz CT molecular complexity index is 751. The topological polar surface area (TPSA) is 72.2 Å². The molecule has 2 heterocycles. The van der Waals surface area contributed by atoms with Crippen LogP contribution in [0.2, 0.25) is 0 Å². The zero-order valence-electron chi connectivity index (χ0n) is 12.7. The van der Waals surface area contributed by atoms with Gasteiger partial charge < -0.3 is 5.32 Å². The van der Waals surface area contributed by atoms with Crippen LogP contribution in [0.15, 0.2) is 12.7 Å². The second kappa shape index (κ2) is 6.35. The number of amides is 1. The maximum Gasteiger partial charge on any atom is 0.453 e. The van der Waals surface area contributed by atoms with Gasteiger partial charge in [-0.2, -0.15) is 18.2 Å². The van der Waals surface area contributed by atoms with E-state index in [4.69, 9.17) is 0 Å². The first-order chi connectivity index (χ1) is 10.7. The number of aromatic nitrogens is 4. The number of aryl methyl sites for hydroxylation is 2. The minimum Gasteiger partial charge on any atom is -0.353 e. The molecular weight excluding hydrogens is 311 g/mol. The molecule has 0 saturated carbocycles. The van der Waals surface area contributed by atoms with Crippen LogP contribution in [0.1, 0.15) is 29.2 Å². The van der Waals surface area contributed by atoms with Crippen LogP contribution in [0.3, 0.4) is 0 Å². The summed E-state index contributed by atoms with van der Waals surface area (Å²) in [4.78, 5) is 19.1. The van der Waals surface area contributed by atoms with Gasteiger partial charge in [0.25, 0.3) is 11.6 Å². The number of carbonyl (C=O) groups is 1. The number of nitrogens with zero attached hydrogens (tertiary/aromatic N) is 4. The number of alkyl halides is 3. The first kappa shape index (κ1) is 16.9. The molecular formula is C14H16F3N5O. The standard InChI is InChI=1S/C14H16F3N5O/c1-4-7-18-11(23)6-5-10-8(2)19-13-20-12(14(15,16)17)21-22(13)9(10)3/h4H,1,5-7H2,2-3H3,(H,18,23). The van der Waals surface area contributed by atoms with E-state index in [1.54, 1.807) is 19.9 Å². The molecule has 2 rings (SSSR count). The summed E-state index contributed by atoms with van der Waals surface area (Å²) >= 11 is 0. The molecule has 6 nitrogen and oxygen atoms in total. The van der Waals surface area contributed by atoms with Gasteiger partial charge in [0.1, 0.15) is 0 Å². The van der Waals surface area contributed by atoms with E-state index in [1.807, 2.05) is 0 Å². The Morgan fingerprint density at radius 2 is 2.04 bits per heavy atom. The van der Waals surface area contributed by atoms with Crippen LogP contribution in [0.4, 0.5) is 13.2 Å². The summed E-state index contributed by atoms with van der Waals surface area (Å²) in [5, 5.41) is 6.11. The second-order valence-electron chi connectivity index (χ2n) is 5.00. The van der Waals surface area contributed by atoms with Crippen molar-refractivity contribution in [3.63, 3.8) is 0 Å². The molecule has 0 fully saturated rings. The lowest BCUT2D eigenvalue weighted by Gasteiger charge is -2.10. The Balaban J connectivity index is 2.30. The minimum absolute atomic E-state index is 0.104. The predicted octanol–water partition coefficient (Wildman–Crippen LogP) is 1.99. The Morgan fingerprint density at radius 1 is 1.35 bits per heavy atom. The fourth-order valence-corrected chi connectivity index (χ4v) is 2.20. The number of hydrogen-bond acceptors (Lipinski definition) is 4. The zero-order valence-corrected chi connectivity index (χ0v) is 12.7. The lowest BCUT2D eigenvalue weighted by atomic mass is 10.1. The molecule has 0 aromatic carbocycles. The third-order valence-electron chi connectivity index (χ3n) is 3.35. The number of nitrogens with one attached hydrogen (secondary N) is 1. The molecule has 0 atom stereocenters. The van der Waals surface area contributed by atoms with E-state index in [0.717, 1.165) is 4.52 Å². The van der Waals surface area contributed by atoms with E-state index in [1.165, 1.54) is 0 Å². The van der Waals surface area contributed by atoms with Crippen LogP contribution < -0.4 is 5.32 Å². The van der Waals surface area contributed by atoms with Crippen molar-refractivity contribution >= 4 is 11.7 Å². The summed E-state index contributed by atoms with van der Waals surface area (Å²) < 4.78 is 39.2. The van der Waals surface area contributed by atoms with E-state index >= 15 is 0 Å². The lowest BCUT2D eigenvalue weighted by Crippen LogP contribution is -2.23. The molecule has 0 saturated heterocycles. The first-order valence-corrected chi connectivity index (χ1v) is 6.91. The van der Waals surface area contributed by atoms with Crippen molar-refractivity contribution in [1.29, 1.82) is 0 Å². The van der Waals surface area contributed by atoms with Gasteiger partial charge in [-0.05, 0) is 25.8 Å². The lowest BCUT2D eigenvalue weighted by molar-refractivity contribution is -0.144. The van der Waals surface area contributed by atoms with E-state index < -0.39 is 12.0 Å². The molecule has 0 aliphatic rings. The zero-order chi connectivity index (χ0) is 17.2. The minimum atomic E-state index is -4.63. The van der Waals surface area contributed by atoms with Gasteiger partial charge in [-0.3, -0.25) is 4.79 Å². The van der Waals surface area contributed by atoms with Crippen molar-refractivity contribution in [2.45, 2.75) is 32.9 Å². The van der Waals surface area contributed by atoms with Gasteiger partial charge in [0.2, 0.25) is 5.91 Å². The van der Waals surface area contributed by atoms with E-state index in [0.29, 0.717) is 29.9 Å². The molecule has 1 N–H and O–H groups in total. The quantitative estimate of drug-likeness (QED) is 0.853. The molecule has 124 valence electrons. The van der Waals surface area contributed by atoms with E-state index in [-0.39, 0.29) is 18.1 Å². The fraction of sp³-hybridized carbons (Fsp3) is 0.429. The summed E-state index contributed by atoms with van der Waals surface area (Å²) in [5.41, 5.74) is 1.71. The van der Waals surface area contributed by atoms with Crippen molar-refractivity contribution in [2.24, 2.45) is 0 Å². The van der Waals surface area contributed by atoms with Crippen LogP contribution in [0, 0.1) is 13.8 Å². The highest BCUT2D eigenvalue weighted by molar-refractivity contribution is 5.76. The molecule has 2 aromatic rings. The van der Waals surface area contributed by atoms with Gasteiger partial charge in [0.15, 0.2) is 0 Å². The van der Waals surface area contributed by atoms with Gasteiger partial charge in [-0.25, -0.2) is 9.50 Å². The Morgan fingerprint density at radius 3 is 2.65 bits per heavy atom. The summed E-state index contributed by atoms with van der Waals surface area (Å²) in [7, 11) is 0. The highest BCUT2D eigenvalue weighted by Crippen LogP contribution is 2.27. The predicted molar refractivity (Wildman–Crippen MR) is 76.8 cm³/mol. The molecule has 1 amide bonds. The monoisotopic (exact) mass is 327 g/mol. The largest absolute Gasteiger partial charge is 0.453 e. The number of carbonyl (C=O) groups excluding carboxylic acids is 1. The van der Waals surface area contributed by atoms with E-state index in [9.17, 15) is 18.0 Å². The fourth-order valence-electron chi connectivity index (χ4n) is 2.20. The van der Waals surface area contributed by atoms with Gasteiger partial charge in [0, 0.05) is 24.4 Å². The van der Waals surface area contributed by atoms with Crippen LogP contribution in [0.5, 0.6) is 0 Å². The summed E-state index contributed by atoms with van der Waals surface area (Å²) in [6.45, 7) is 7.17. The molecule has 0 aliphatic carbocycles. The SMILES string of the molecule is C=CCNC(=O)CCc1c(C)nc2nc(C(F)(F)F)nn2c1C. The molecule has 9 heteroatoms. The normalized spacial score (nSPS) is 11.7. The van der Waals surface area contributed by atoms with Crippen molar-refractivity contribution < 1.29 is 18.0 Å². The van der Waals surface area contributed by atoms with Crippen molar-refractivity contribution in [3.8, 4) is 0 Å². The number of rotatable bonds is 5. The van der Waals surface area contributed by atoms with Crippen molar-refractivity contribution in [3.05, 3.63) is 35.4 Å². The maximum atomic E-state index is 12.7.